The highest BCUT2D eigenvalue weighted by Crippen LogP contribution is 2.25. The van der Waals surface area contributed by atoms with Crippen molar-refractivity contribution in [2.45, 2.75) is 32.2 Å². The van der Waals surface area contributed by atoms with Gasteiger partial charge in [0, 0.05) is 12.1 Å². The van der Waals surface area contributed by atoms with Crippen molar-refractivity contribution in [3.05, 3.63) is 18.3 Å². The summed E-state index contributed by atoms with van der Waals surface area (Å²) >= 11 is 0. The maximum absolute atomic E-state index is 12.0. The minimum atomic E-state index is -0.0726. The van der Waals surface area contributed by atoms with Crippen LogP contribution in [0, 0.1) is 5.92 Å². The number of pyridine rings is 1. The van der Waals surface area contributed by atoms with Crippen LogP contribution in [0.5, 0.6) is 5.88 Å². The molecule has 18 heavy (non-hydrogen) atoms. The van der Waals surface area contributed by atoms with Crippen LogP contribution in [0.3, 0.4) is 0 Å². The van der Waals surface area contributed by atoms with Crippen LogP contribution in [0.1, 0.15) is 26.2 Å². The first kappa shape index (κ1) is 12.8. The van der Waals surface area contributed by atoms with Crippen molar-refractivity contribution in [3.8, 4) is 5.88 Å². The zero-order valence-corrected chi connectivity index (χ0v) is 10.6. The molecule has 2 atom stereocenters. The third-order valence-corrected chi connectivity index (χ3v) is 3.20. The van der Waals surface area contributed by atoms with Gasteiger partial charge in [0.15, 0.2) is 0 Å². The second kappa shape index (κ2) is 5.82. The lowest BCUT2D eigenvalue weighted by Crippen LogP contribution is -2.34. The lowest BCUT2D eigenvalue weighted by atomic mass is 10.0. The van der Waals surface area contributed by atoms with Crippen LogP contribution in [-0.2, 0) is 4.79 Å². The summed E-state index contributed by atoms with van der Waals surface area (Å²) in [6, 6.07) is 3.52. The van der Waals surface area contributed by atoms with Crippen LogP contribution < -0.4 is 15.8 Å². The number of amides is 1. The fourth-order valence-corrected chi connectivity index (χ4v) is 2.24. The molecule has 1 amide bonds. The smallest absolute Gasteiger partial charge is 0.229 e. The lowest BCUT2D eigenvalue weighted by Gasteiger charge is -2.15. The standard InChI is InChI=1S/C13H19N3O2/c1-2-18-12-7-6-9(8-15-12)16-13(17)10-4-3-5-11(10)14/h6-8,10-11H,2-5,14H2,1H3,(H,16,17). The molecule has 0 spiro atoms. The minimum absolute atomic E-state index is 0.00837. The largest absolute Gasteiger partial charge is 0.478 e. The van der Waals surface area contributed by atoms with Crippen LogP contribution in [0.15, 0.2) is 18.3 Å². The van der Waals surface area contributed by atoms with Gasteiger partial charge in [0.05, 0.1) is 24.4 Å². The van der Waals surface area contributed by atoms with Crippen molar-refractivity contribution in [1.82, 2.24) is 4.98 Å². The Labute approximate surface area is 107 Å². The van der Waals surface area contributed by atoms with Gasteiger partial charge < -0.3 is 15.8 Å². The van der Waals surface area contributed by atoms with Crippen LogP contribution in [0.2, 0.25) is 0 Å². The van der Waals surface area contributed by atoms with E-state index in [1.165, 1.54) is 0 Å². The molecular weight excluding hydrogens is 230 g/mol. The van der Waals surface area contributed by atoms with Crippen molar-refractivity contribution in [2.24, 2.45) is 11.7 Å². The number of carbonyl (C=O) groups is 1. The Balaban J connectivity index is 1.94. The molecule has 1 aromatic rings. The van der Waals surface area contributed by atoms with E-state index in [1.807, 2.05) is 6.92 Å². The monoisotopic (exact) mass is 249 g/mol. The predicted octanol–water partition coefficient (Wildman–Crippen LogP) is 1.55. The highest BCUT2D eigenvalue weighted by Gasteiger charge is 2.30. The van der Waals surface area contributed by atoms with Crippen LogP contribution in [-0.4, -0.2) is 23.5 Å². The van der Waals surface area contributed by atoms with E-state index in [-0.39, 0.29) is 17.9 Å². The molecule has 3 N–H and O–H groups in total. The lowest BCUT2D eigenvalue weighted by molar-refractivity contribution is -0.120. The predicted molar refractivity (Wildman–Crippen MR) is 69.4 cm³/mol. The summed E-state index contributed by atoms with van der Waals surface area (Å²) in [6.45, 7) is 2.48. The number of nitrogens with zero attached hydrogens (tertiary/aromatic N) is 1. The van der Waals surface area contributed by atoms with E-state index in [2.05, 4.69) is 10.3 Å². The molecule has 0 bridgehead atoms. The summed E-state index contributed by atoms with van der Waals surface area (Å²) in [5.41, 5.74) is 6.58. The number of ether oxygens (including phenoxy) is 1. The molecule has 1 fully saturated rings. The van der Waals surface area contributed by atoms with Crippen molar-refractivity contribution in [2.75, 3.05) is 11.9 Å². The first-order valence-corrected chi connectivity index (χ1v) is 6.36. The average molecular weight is 249 g/mol. The molecule has 1 aliphatic rings. The second-order valence-corrected chi connectivity index (χ2v) is 4.51. The van der Waals surface area contributed by atoms with E-state index < -0.39 is 0 Å². The fraction of sp³-hybridized carbons (Fsp3) is 0.538. The first-order valence-electron chi connectivity index (χ1n) is 6.36. The van der Waals surface area contributed by atoms with Gasteiger partial charge in [0.25, 0.3) is 0 Å². The average Bonchev–Trinajstić information content (AvgIpc) is 2.78. The summed E-state index contributed by atoms with van der Waals surface area (Å²) in [5.74, 6) is 0.482. The SMILES string of the molecule is CCOc1ccc(NC(=O)C2CCCC2N)cn1. The van der Waals surface area contributed by atoms with E-state index in [4.69, 9.17) is 10.5 Å². The molecule has 0 radical (unpaired) electrons. The number of rotatable bonds is 4. The summed E-state index contributed by atoms with van der Waals surface area (Å²) in [7, 11) is 0. The summed E-state index contributed by atoms with van der Waals surface area (Å²) < 4.78 is 5.24. The number of nitrogens with one attached hydrogen (secondary N) is 1. The Morgan fingerprint density at radius 3 is 2.94 bits per heavy atom. The molecule has 98 valence electrons. The van der Waals surface area contributed by atoms with Crippen molar-refractivity contribution < 1.29 is 9.53 Å². The van der Waals surface area contributed by atoms with Crippen LogP contribution in [0.4, 0.5) is 5.69 Å². The van der Waals surface area contributed by atoms with Gasteiger partial charge in [-0.1, -0.05) is 6.42 Å². The molecular formula is C13H19N3O2. The van der Waals surface area contributed by atoms with Crippen molar-refractivity contribution >= 4 is 11.6 Å². The summed E-state index contributed by atoms with van der Waals surface area (Å²) in [5, 5.41) is 2.85. The second-order valence-electron chi connectivity index (χ2n) is 4.51. The zero-order valence-electron chi connectivity index (χ0n) is 10.6. The molecule has 1 aromatic heterocycles. The third kappa shape index (κ3) is 2.98. The fourth-order valence-electron chi connectivity index (χ4n) is 2.24. The topological polar surface area (TPSA) is 77.2 Å². The van der Waals surface area contributed by atoms with Gasteiger partial charge in [-0.15, -0.1) is 0 Å². The molecule has 0 aromatic carbocycles. The molecule has 1 saturated carbocycles. The normalized spacial score (nSPS) is 22.8. The number of anilines is 1. The summed E-state index contributed by atoms with van der Waals surface area (Å²) in [4.78, 5) is 16.1. The Kier molecular flexibility index (Phi) is 4.15. The molecule has 1 aliphatic carbocycles. The molecule has 1 heterocycles. The maximum Gasteiger partial charge on any atom is 0.229 e. The van der Waals surface area contributed by atoms with Gasteiger partial charge in [-0.2, -0.15) is 0 Å². The Bertz CT molecular complexity index is 405. The zero-order chi connectivity index (χ0) is 13.0. The molecule has 5 nitrogen and oxygen atoms in total. The van der Waals surface area contributed by atoms with Crippen molar-refractivity contribution in [3.63, 3.8) is 0 Å². The maximum atomic E-state index is 12.0. The van der Waals surface area contributed by atoms with Gasteiger partial charge in [-0.05, 0) is 25.8 Å². The van der Waals surface area contributed by atoms with Crippen molar-refractivity contribution in [1.29, 1.82) is 0 Å². The van der Waals surface area contributed by atoms with E-state index in [9.17, 15) is 4.79 Å². The van der Waals surface area contributed by atoms with Crippen LogP contribution >= 0.6 is 0 Å². The minimum Gasteiger partial charge on any atom is -0.478 e. The molecule has 0 aliphatic heterocycles. The molecule has 2 rings (SSSR count). The highest BCUT2D eigenvalue weighted by molar-refractivity contribution is 5.93. The Hall–Kier alpha value is -1.62. The number of nitrogens with two attached hydrogens (primary N) is 1. The third-order valence-electron chi connectivity index (χ3n) is 3.20. The van der Waals surface area contributed by atoms with Crippen LogP contribution in [0.25, 0.3) is 0 Å². The van der Waals surface area contributed by atoms with E-state index in [0.29, 0.717) is 18.2 Å². The van der Waals surface area contributed by atoms with Gasteiger partial charge in [-0.25, -0.2) is 4.98 Å². The van der Waals surface area contributed by atoms with Gasteiger partial charge >= 0.3 is 0 Å². The Morgan fingerprint density at radius 1 is 1.56 bits per heavy atom. The quantitative estimate of drug-likeness (QED) is 0.848. The summed E-state index contributed by atoms with van der Waals surface area (Å²) in [6.07, 6.45) is 4.43. The van der Waals surface area contributed by atoms with E-state index >= 15 is 0 Å². The Morgan fingerprint density at radius 2 is 2.39 bits per heavy atom. The van der Waals surface area contributed by atoms with Gasteiger partial charge in [-0.3, -0.25) is 4.79 Å². The van der Waals surface area contributed by atoms with E-state index in [1.54, 1.807) is 18.3 Å². The number of carbonyl (C=O) groups excluding carboxylic acids is 1. The molecule has 2 unspecified atom stereocenters. The van der Waals surface area contributed by atoms with Gasteiger partial charge in [0.1, 0.15) is 0 Å². The molecule has 0 saturated heterocycles. The first-order chi connectivity index (χ1) is 8.70. The molecule has 5 heteroatoms. The number of hydrogen-bond acceptors (Lipinski definition) is 4. The number of hydrogen-bond donors (Lipinski definition) is 2. The number of aromatic nitrogens is 1. The van der Waals surface area contributed by atoms with E-state index in [0.717, 1.165) is 19.3 Å². The highest BCUT2D eigenvalue weighted by atomic mass is 16.5. The van der Waals surface area contributed by atoms with Gasteiger partial charge in [0.2, 0.25) is 11.8 Å².